The summed E-state index contributed by atoms with van der Waals surface area (Å²) < 4.78 is 7.30. The van der Waals surface area contributed by atoms with E-state index in [0.29, 0.717) is 31.9 Å². The molecule has 1 unspecified atom stereocenters. The lowest BCUT2D eigenvalue weighted by Crippen LogP contribution is -2.16. The normalized spacial score (nSPS) is 12.2. The van der Waals surface area contributed by atoms with Gasteiger partial charge in [0.25, 0.3) is 5.91 Å². The van der Waals surface area contributed by atoms with Crippen molar-refractivity contribution < 1.29 is 14.6 Å². The van der Waals surface area contributed by atoms with Crippen LogP contribution in [0.4, 0.5) is 0 Å². The Balaban J connectivity index is 1.43. The molecule has 7 heteroatoms. The summed E-state index contributed by atoms with van der Waals surface area (Å²) in [6.07, 6.45) is 3.72. The summed E-state index contributed by atoms with van der Waals surface area (Å²) in [6.45, 7) is 0.827. The van der Waals surface area contributed by atoms with Crippen LogP contribution in [0.25, 0.3) is 10.9 Å². The SMILES string of the molecule is NC(=O)c1cn(CC(O)CCCOc2ccc3ccccc3n2)cn1. The van der Waals surface area contributed by atoms with Gasteiger partial charge in [0.2, 0.25) is 5.88 Å². The quantitative estimate of drug-likeness (QED) is 0.608. The highest BCUT2D eigenvalue weighted by Crippen LogP contribution is 2.16. The smallest absolute Gasteiger partial charge is 0.268 e. The zero-order chi connectivity index (χ0) is 17.6. The lowest BCUT2D eigenvalue weighted by atomic mass is 10.2. The van der Waals surface area contributed by atoms with Crippen molar-refractivity contribution in [1.82, 2.24) is 14.5 Å². The minimum absolute atomic E-state index is 0.193. The monoisotopic (exact) mass is 340 g/mol. The number of imidazole rings is 1. The molecule has 3 N–H and O–H groups in total. The van der Waals surface area contributed by atoms with Crippen molar-refractivity contribution in [3.05, 3.63) is 54.6 Å². The van der Waals surface area contributed by atoms with E-state index in [4.69, 9.17) is 10.5 Å². The number of primary amides is 1. The molecule has 130 valence electrons. The Morgan fingerprint density at radius 3 is 2.92 bits per heavy atom. The van der Waals surface area contributed by atoms with Crippen LogP contribution in [-0.2, 0) is 6.54 Å². The lowest BCUT2D eigenvalue weighted by Gasteiger charge is -2.11. The molecule has 0 bridgehead atoms. The van der Waals surface area contributed by atoms with Crippen LogP contribution in [0.5, 0.6) is 5.88 Å². The van der Waals surface area contributed by atoms with Crippen molar-refractivity contribution in [2.24, 2.45) is 5.73 Å². The Bertz CT molecular complexity index is 862. The molecule has 25 heavy (non-hydrogen) atoms. The van der Waals surface area contributed by atoms with Gasteiger partial charge in [-0.25, -0.2) is 9.97 Å². The maximum atomic E-state index is 11.0. The largest absolute Gasteiger partial charge is 0.478 e. The third-order valence-corrected chi connectivity index (χ3v) is 3.81. The van der Waals surface area contributed by atoms with Gasteiger partial charge in [0, 0.05) is 24.2 Å². The number of nitrogens with two attached hydrogens (primary N) is 1. The number of fused-ring (bicyclic) bond motifs is 1. The minimum atomic E-state index is -0.579. The molecule has 7 nitrogen and oxygen atoms in total. The third kappa shape index (κ3) is 4.54. The Morgan fingerprint density at radius 1 is 1.28 bits per heavy atom. The van der Waals surface area contributed by atoms with Crippen molar-refractivity contribution in [2.75, 3.05) is 6.61 Å². The van der Waals surface area contributed by atoms with Crippen molar-refractivity contribution in [1.29, 1.82) is 0 Å². The van der Waals surface area contributed by atoms with Crippen molar-refractivity contribution >= 4 is 16.8 Å². The van der Waals surface area contributed by atoms with Gasteiger partial charge < -0.3 is 20.1 Å². The number of aliphatic hydroxyl groups excluding tert-OH is 1. The number of carbonyl (C=O) groups excluding carboxylic acids is 1. The van der Waals surface area contributed by atoms with E-state index in [0.717, 1.165) is 10.9 Å². The highest BCUT2D eigenvalue weighted by molar-refractivity contribution is 5.90. The fourth-order valence-corrected chi connectivity index (χ4v) is 2.55. The Hall–Kier alpha value is -2.93. The van der Waals surface area contributed by atoms with E-state index in [1.165, 1.54) is 12.5 Å². The van der Waals surface area contributed by atoms with E-state index in [1.54, 1.807) is 4.57 Å². The topological polar surface area (TPSA) is 103 Å². The summed E-state index contributed by atoms with van der Waals surface area (Å²) in [5.41, 5.74) is 6.23. The zero-order valence-corrected chi connectivity index (χ0v) is 13.7. The molecule has 2 aromatic heterocycles. The number of hydrogen-bond donors (Lipinski definition) is 2. The first kappa shape index (κ1) is 16.9. The summed E-state index contributed by atoms with van der Waals surface area (Å²) in [5, 5.41) is 11.1. The van der Waals surface area contributed by atoms with Gasteiger partial charge in [-0.3, -0.25) is 4.79 Å². The summed E-state index contributed by atoms with van der Waals surface area (Å²) in [7, 11) is 0. The van der Waals surface area contributed by atoms with Crippen LogP contribution in [0.2, 0.25) is 0 Å². The highest BCUT2D eigenvalue weighted by Gasteiger charge is 2.09. The second-order valence-electron chi connectivity index (χ2n) is 5.81. The molecule has 1 amide bonds. The molecule has 0 aliphatic heterocycles. The first-order valence-corrected chi connectivity index (χ1v) is 8.10. The first-order chi connectivity index (χ1) is 12.1. The second-order valence-corrected chi connectivity index (χ2v) is 5.81. The molecule has 0 fully saturated rings. The Kier molecular flexibility index (Phi) is 5.25. The molecule has 0 spiro atoms. The second kappa shape index (κ2) is 7.76. The van der Waals surface area contributed by atoms with Crippen LogP contribution >= 0.6 is 0 Å². The first-order valence-electron chi connectivity index (χ1n) is 8.10. The number of aromatic nitrogens is 3. The van der Waals surface area contributed by atoms with E-state index in [9.17, 15) is 9.90 Å². The predicted molar refractivity (Wildman–Crippen MR) is 93.2 cm³/mol. The van der Waals surface area contributed by atoms with E-state index in [-0.39, 0.29) is 5.69 Å². The molecular weight excluding hydrogens is 320 g/mol. The van der Waals surface area contributed by atoms with Crippen molar-refractivity contribution in [3.63, 3.8) is 0 Å². The molecule has 0 saturated carbocycles. The number of amides is 1. The summed E-state index contributed by atoms with van der Waals surface area (Å²) in [5.74, 6) is -0.00146. The van der Waals surface area contributed by atoms with Gasteiger partial charge in [0.05, 0.1) is 24.6 Å². The molecule has 0 radical (unpaired) electrons. The lowest BCUT2D eigenvalue weighted by molar-refractivity contribution is 0.0995. The predicted octanol–water partition coefficient (Wildman–Crippen LogP) is 1.75. The zero-order valence-electron chi connectivity index (χ0n) is 13.7. The molecule has 0 aliphatic carbocycles. The third-order valence-electron chi connectivity index (χ3n) is 3.81. The maximum absolute atomic E-state index is 11.0. The van der Waals surface area contributed by atoms with Crippen LogP contribution in [0, 0.1) is 0 Å². The molecule has 1 atom stereocenters. The molecule has 3 rings (SSSR count). The van der Waals surface area contributed by atoms with E-state index in [2.05, 4.69) is 9.97 Å². The summed E-state index contributed by atoms with van der Waals surface area (Å²) in [6, 6.07) is 11.7. The fraction of sp³-hybridized carbons (Fsp3) is 0.278. The summed E-state index contributed by atoms with van der Waals surface area (Å²) >= 11 is 0. The molecule has 3 aromatic rings. The van der Waals surface area contributed by atoms with Crippen molar-refractivity contribution in [2.45, 2.75) is 25.5 Å². The minimum Gasteiger partial charge on any atom is -0.478 e. The number of pyridine rings is 1. The van der Waals surface area contributed by atoms with Gasteiger partial charge in [0.15, 0.2) is 0 Å². The Labute approximate surface area is 145 Å². The maximum Gasteiger partial charge on any atom is 0.268 e. The van der Waals surface area contributed by atoms with Crippen LogP contribution in [-0.4, -0.2) is 38.3 Å². The molecular formula is C18H20N4O3. The number of hydrogen-bond acceptors (Lipinski definition) is 5. The fourth-order valence-electron chi connectivity index (χ4n) is 2.55. The van der Waals surface area contributed by atoms with E-state index < -0.39 is 12.0 Å². The standard InChI is InChI=1S/C18H20N4O3/c19-18(24)16-11-22(12-20-16)10-14(23)5-3-9-25-17-8-7-13-4-1-2-6-15(13)21-17/h1-2,4,6-8,11-12,14,23H,3,5,9-10H2,(H2,19,24). The van der Waals surface area contributed by atoms with E-state index >= 15 is 0 Å². The number of benzene rings is 1. The summed E-state index contributed by atoms with van der Waals surface area (Å²) in [4.78, 5) is 19.3. The van der Waals surface area contributed by atoms with Gasteiger partial charge in [-0.1, -0.05) is 18.2 Å². The van der Waals surface area contributed by atoms with E-state index in [1.807, 2.05) is 36.4 Å². The molecule has 1 aromatic carbocycles. The average Bonchev–Trinajstić information content (AvgIpc) is 3.07. The number of aliphatic hydroxyl groups is 1. The number of nitrogens with zero attached hydrogens (tertiary/aromatic N) is 3. The van der Waals surface area contributed by atoms with Gasteiger partial charge in [-0.15, -0.1) is 0 Å². The van der Waals surface area contributed by atoms with Crippen LogP contribution in [0.3, 0.4) is 0 Å². The number of ether oxygens (including phenoxy) is 1. The highest BCUT2D eigenvalue weighted by atomic mass is 16.5. The van der Waals surface area contributed by atoms with Gasteiger partial charge in [-0.05, 0) is 25.0 Å². The number of rotatable bonds is 8. The molecule has 2 heterocycles. The van der Waals surface area contributed by atoms with Crippen LogP contribution in [0.15, 0.2) is 48.9 Å². The van der Waals surface area contributed by atoms with Crippen LogP contribution < -0.4 is 10.5 Å². The van der Waals surface area contributed by atoms with Gasteiger partial charge >= 0.3 is 0 Å². The number of para-hydroxylation sites is 1. The molecule has 0 saturated heterocycles. The Morgan fingerprint density at radius 2 is 2.12 bits per heavy atom. The molecule has 0 aliphatic rings. The van der Waals surface area contributed by atoms with Gasteiger partial charge in [-0.2, -0.15) is 0 Å². The van der Waals surface area contributed by atoms with Gasteiger partial charge in [0.1, 0.15) is 5.69 Å². The average molecular weight is 340 g/mol. The number of carbonyl (C=O) groups is 1. The van der Waals surface area contributed by atoms with Crippen LogP contribution in [0.1, 0.15) is 23.3 Å². The van der Waals surface area contributed by atoms with Crippen molar-refractivity contribution in [3.8, 4) is 5.88 Å².